The highest BCUT2D eigenvalue weighted by atomic mass is 32.2. The average molecular weight is 259 g/mol. The standard InChI is InChI=1S/C10H13NO5S/c1-3-6(2)17(15,16)7-4-8(10(13)14)9(12)11-5-7/h4-6H,3H2,1-2H3,(H,11,12)(H,13,14). The minimum atomic E-state index is -3.60. The molecule has 6 nitrogen and oxygen atoms in total. The van der Waals surface area contributed by atoms with Crippen molar-refractivity contribution >= 4 is 15.8 Å². The molecule has 0 radical (unpaired) electrons. The molecule has 1 atom stereocenters. The van der Waals surface area contributed by atoms with Crippen LogP contribution >= 0.6 is 0 Å². The summed E-state index contributed by atoms with van der Waals surface area (Å²) in [5.41, 5.74) is -1.39. The fraction of sp³-hybridized carbons (Fsp3) is 0.400. The van der Waals surface area contributed by atoms with E-state index in [2.05, 4.69) is 4.98 Å². The molecule has 1 aromatic heterocycles. The third-order valence-electron chi connectivity index (χ3n) is 2.54. The number of hydrogen-bond donors (Lipinski definition) is 2. The summed E-state index contributed by atoms with van der Waals surface area (Å²) >= 11 is 0. The maximum atomic E-state index is 11.9. The van der Waals surface area contributed by atoms with Crippen molar-refractivity contribution in [1.82, 2.24) is 4.98 Å². The fourth-order valence-corrected chi connectivity index (χ4v) is 2.65. The number of nitrogens with one attached hydrogen (secondary N) is 1. The van der Waals surface area contributed by atoms with E-state index in [9.17, 15) is 18.0 Å². The Hall–Kier alpha value is -1.63. The molecular weight excluding hydrogens is 246 g/mol. The molecule has 1 unspecified atom stereocenters. The van der Waals surface area contributed by atoms with Gasteiger partial charge in [0.2, 0.25) is 0 Å². The van der Waals surface area contributed by atoms with Crippen molar-refractivity contribution in [2.75, 3.05) is 0 Å². The summed E-state index contributed by atoms with van der Waals surface area (Å²) in [6.07, 6.45) is 1.43. The van der Waals surface area contributed by atoms with Gasteiger partial charge in [-0.05, 0) is 19.4 Å². The number of sulfone groups is 1. The Kier molecular flexibility index (Phi) is 3.72. The van der Waals surface area contributed by atoms with Crippen molar-refractivity contribution in [2.24, 2.45) is 0 Å². The van der Waals surface area contributed by atoms with E-state index in [4.69, 9.17) is 5.11 Å². The van der Waals surface area contributed by atoms with Crippen LogP contribution in [-0.2, 0) is 9.84 Å². The largest absolute Gasteiger partial charge is 0.477 e. The lowest BCUT2D eigenvalue weighted by molar-refractivity contribution is 0.0694. The molecule has 7 heteroatoms. The quantitative estimate of drug-likeness (QED) is 0.825. The summed E-state index contributed by atoms with van der Waals surface area (Å²) in [4.78, 5) is 23.8. The predicted octanol–water partition coefficient (Wildman–Crippen LogP) is 0.645. The van der Waals surface area contributed by atoms with Gasteiger partial charge in [-0.3, -0.25) is 4.79 Å². The molecular formula is C10H13NO5S. The van der Waals surface area contributed by atoms with Crippen LogP contribution in [0.1, 0.15) is 30.6 Å². The molecule has 94 valence electrons. The van der Waals surface area contributed by atoms with Gasteiger partial charge < -0.3 is 10.1 Å². The molecule has 1 heterocycles. The van der Waals surface area contributed by atoms with Gasteiger partial charge in [0.1, 0.15) is 5.56 Å². The van der Waals surface area contributed by atoms with Crippen LogP contribution in [0.2, 0.25) is 0 Å². The number of carbonyl (C=O) groups is 1. The Morgan fingerprint density at radius 1 is 1.53 bits per heavy atom. The second-order valence-corrected chi connectivity index (χ2v) is 6.01. The van der Waals surface area contributed by atoms with Gasteiger partial charge in [0.15, 0.2) is 9.84 Å². The average Bonchev–Trinajstić information content (AvgIpc) is 2.27. The van der Waals surface area contributed by atoms with Crippen LogP contribution in [0.3, 0.4) is 0 Å². The number of rotatable bonds is 4. The van der Waals surface area contributed by atoms with Crippen molar-refractivity contribution in [2.45, 2.75) is 30.4 Å². The molecule has 0 amide bonds. The normalized spacial score (nSPS) is 13.3. The minimum absolute atomic E-state index is 0.177. The zero-order valence-electron chi connectivity index (χ0n) is 9.43. The zero-order chi connectivity index (χ0) is 13.2. The fourth-order valence-electron chi connectivity index (χ4n) is 1.24. The Morgan fingerprint density at radius 3 is 2.59 bits per heavy atom. The van der Waals surface area contributed by atoms with Crippen molar-refractivity contribution < 1.29 is 18.3 Å². The minimum Gasteiger partial charge on any atom is -0.477 e. The molecule has 0 fully saturated rings. The van der Waals surface area contributed by atoms with Crippen LogP contribution < -0.4 is 5.56 Å². The van der Waals surface area contributed by atoms with Gasteiger partial charge in [0, 0.05) is 6.20 Å². The first-order chi connectivity index (χ1) is 7.80. The summed E-state index contributed by atoms with van der Waals surface area (Å²) in [5, 5.41) is 8.11. The van der Waals surface area contributed by atoms with Gasteiger partial charge in [0.05, 0.1) is 10.1 Å². The van der Waals surface area contributed by atoms with Crippen LogP contribution in [0.5, 0.6) is 0 Å². The number of aromatic carboxylic acids is 1. The van der Waals surface area contributed by atoms with Gasteiger partial charge in [-0.15, -0.1) is 0 Å². The second kappa shape index (κ2) is 4.70. The van der Waals surface area contributed by atoms with Crippen LogP contribution in [0, 0.1) is 0 Å². The highest BCUT2D eigenvalue weighted by Crippen LogP contribution is 2.17. The van der Waals surface area contributed by atoms with Crippen molar-refractivity contribution in [3.8, 4) is 0 Å². The molecule has 17 heavy (non-hydrogen) atoms. The molecule has 0 aromatic carbocycles. The van der Waals surface area contributed by atoms with Crippen LogP contribution in [0.4, 0.5) is 0 Å². The summed E-state index contributed by atoms with van der Waals surface area (Å²) in [5.74, 6) is -1.45. The summed E-state index contributed by atoms with van der Waals surface area (Å²) in [6.45, 7) is 3.24. The molecule has 0 bridgehead atoms. The SMILES string of the molecule is CCC(C)S(=O)(=O)c1c[nH]c(=O)c(C(=O)O)c1. The smallest absolute Gasteiger partial charge is 0.341 e. The number of aromatic amines is 1. The first-order valence-corrected chi connectivity index (χ1v) is 6.55. The lowest BCUT2D eigenvalue weighted by Gasteiger charge is -2.10. The number of H-pyrrole nitrogens is 1. The number of aromatic nitrogens is 1. The number of carboxylic acids is 1. The number of carboxylic acid groups (broad SMARTS) is 1. The summed E-state index contributed by atoms with van der Waals surface area (Å²) in [7, 11) is -3.60. The maximum Gasteiger partial charge on any atom is 0.341 e. The molecule has 2 N–H and O–H groups in total. The zero-order valence-corrected chi connectivity index (χ0v) is 10.2. The molecule has 0 saturated carbocycles. The van der Waals surface area contributed by atoms with Gasteiger partial charge in [-0.2, -0.15) is 0 Å². The highest BCUT2D eigenvalue weighted by molar-refractivity contribution is 7.92. The van der Waals surface area contributed by atoms with Crippen LogP contribution in [0.25, 0.3) is 0 Å². The highest BCUT2D eigenvalue weighted by Gasteiger charge is 2.23. The molecule has 0 aliphatic heterocycles. The van der Waals surface area contributed by atoms with Crippen LogP contribution in [0.15, 0.2) is 22.0 Å². The maximum absolute atomic E-state index is 11.9. The molecule has 0 aliphatic carbocycles. The van der Waals surface area contributed by atoms with E-state index in [-0.39, 0.29) is 4.90 Å². The Bertz CT molecular complexity index is 587. The van der Waals surface area contributed by atoms with Crippen molar-refractivity contribution in [1.29, 1.82) is 0 Å². The van der Waals surface area contributed by atoms with E-state index in [0.29, 0.717) is 6.42 Å². The van der Waals surface area contributed by atoms with Crippen molar-refractivity contribution in [3.63, 3.8) is 0 Å². The predicted molar refractivity (Wildman–Crippen MR) is 61.0 cm³/mol. The van der Waals surface area contributed by atoms with Gasteiger partial charge in [-0.25, -0.2) is 13.2 Å². The van der Waals surface area contributed by atoms with Crippen molar-refractivity contribution in [3.05, 3.63) is 28.2 Å². The summed E-state index contributed by atoms with van der Waals surface area (Å²) in [6, 6.07) is 0.892. The molecule has 0 aliphatic rings. The molecule has 0 saturated heterocycles. The van der Waals surface area contributed by atoms with E-state index in [1.54, 1.807) is 6.92 Å². The number of pyridine rings is 1. The lowest BCUT2D eigenvalue weighted by atomic mass is 10.3. The monoisotopic (exact) mass is 259 g/mol. The first-order valence-electron chi connectivity index (χ1n) is 5.00. The van der Waals surface area contributed by atoms with Gasteiger partial charge in [0.25, 0.3) is 5.56 Å². The lowest BCUT2D eigenvalue weighted by Crippen LogP contribution is -2.22. The first kappa shape index (κ1) is 13.4. The number of hydrogen-bond acceptors (Lipinski definition) is 4. The Labute approximate surface area is 98.2 Å². The van der Waals surface area contributed by atoms with E-state index in [1.165, 1.54) is 6.92 Å². The summed E-state index contributed by atoms with van der Waals surface area (Å²) < 4.78 is 23.9. The third kappa shape index (κ3) is 2.55. The second-order valence-electron chi connectivity index (χ2n) is 3.65. The molecule has 0 spiro atoms. The molecule has 1 rings (SSSR count). The van der Waals surface area contributed by atoms with E-state index >= 15 is 0 Å². The van der Waals surface area contributed by atoms with Crippen LogP contribution in [-0.4, -0.2) is 29.7 Å². The van der Waals surface area contributed by atoms with Gasteiger partial charge >= 0.3 is 5.97 Å². The Balaban J connectivity index is 3.40. The topological polar surface area (TPSA) is 104 Å². The third-order valence-corrected chi connectivity index (χ3v) is 4.83. The molecule has 1 aromatic rings. The van der Waals surface area contributed by atoms with E-state index in [0.717, 1.165) is 12.3 Å². The Morgan fingerprint density at radius 2 is 2.12 bits per heavy atom. The van der Waals surface area contributed by atoms with E-state index in [1.807, 2.05) is 0 Å². The van der Waals surface area contributed by atoms with E-state index < -0.39 is 32.2 Å². The van der Waals surface area contributed by atoms with Gasteiger partial charge in [-0.1, -0.05) is 6.92 Å².